The minimum atomic E-state index is -4.07. The molecule has 0 saturated carbocycles. The van der Waals surface area contributed by atoms with Crippen molar-refractivity contribution in [2.45, 2.75) is 50.9 Å². The predicted molar refractivity (Wildman–Crippen MR) is 66.4 cm³/mol. The molecule has 0 saturated heterocycles. The van der Waals surface area contributed by atoms with Gasteiger partial charge in [-0.3, -0.25) is 0 Å². The quantitative estimate of drug-likeness (QED) is 0.713. The molecule has 2 nitrogen and oxygen atoms in total. The minimum absolute atomic E-state index is 0.00863. The van der Waals surface area contributed by atoms with Crippen molar-refractivity contribution in [3.05, 3.63) is 0 Å². The Morgan fingerprint density at radius 2 is 1.94 bits per heavy atom. The lowest BCUT2D eigenvalue weighted by Crippen LogP contribution is -2.43. The zero-order valence-electron chi connectivity index (χ0n) is 10.6. The van der Waals surface area contributed by atoms with Gasteiger partial charge < -0.3 is 10.4 Å². The zero-order valence-corrected chi connectivity index (χ0v) is 11.4. The maximum atomic E-state index is 11.9. The van der Waals surface area contributed by atoms with Gasteiger partial charge in [-0.1, -0.05) is 0 Å². The summed E-state index contributed by atoms with van der Waals surface area (Å²) in [4.78, 5) is 0. The molecule has 0 aliphatic carbocycles. The SMILES string of the molecule is CSCC(C)(O)CNC(C)CCCC(F)(F)F. The van der Waals surface area contributed by atoms with Gasteiger partial charge in [0.25, 0.3) is 0 Å². The van der Waals surface area contributed by atoms with Crippen LogP contribution in [0, 0.1) is 0 Å². The number of alkyl halides is 3. The number of hydrogen-bond acceptors (Lipinski definition) is 3. The lowest BCUT2D eigenvalue weighted by atomic mass is 10.1. The molecule has 17 heavy (non-hydrogen) atoms. The van der Waals surface area contributed by atoms with Crippen LogP contribution in [0.2, 0.25) is 0 Å². The molecule has 2 N–H and O–H groups in total. The van der Waals surface area contributed by atoms with E-state index in [1.165, 1.54) is 0 Å². The lowest BCUT2D eigenvalue weighted by molar-refractivity contribution is -0.135. The van der Waals surface area contributed by atoms with E-state index in [0.717, 1.165) is 0 Å². The molecule has 2 atom stereocenters. The van der Waals surface area contributed by atoms with Crippen LogP contribution < -0.4 is 5.32 Å². The Morgan fingerprint density at radius 1 is 1.35 bits per heavy atom. The van der Waals surface area contributed by atoms with Crippen molar-refractivity contribution in [3.8, 4) is 0 Å². The van der Waals surface area contributed by atoms with Crippen molar-refractivity contribution in [3.63, 3.8) is 0 Å². The van der Waals surface area contributed by atoms with E-state index >= 15 is 0 Å². The van der Waals surface area contributed by atoms with Crippen LogP contribution >= 0.6 is 11.8 Å². The molecule has 0 aliphatic rings. The summed E-state index contributed by atoms with van der Waals surface area (Å²) in [7, 11) is 0. The van der Waals surface area contributed by atoms with Crippen LogP contribution in [0.3, 0.4) is 0 Å². The highest BCUT2D eigenvalue weighted by atomic mass is 32.2. The molecule has 104 valence electrons. The van der Waals surface area contributed by atoms with Gasteiger partial charge in [0.05, 0.1) is 5.60 Å². The first-order chi connectivity index (χ1) is 7.66. The summed E-state index contributed by atoms with van der Waals surface area (Å²) in [6, 6.07) is -0.00863. The highest BCUT2D eigenvalue weighted by Crippen LogP contribution is 2.22. The van der Waals surface area contributed by atoms with Crippen LogP contribution in [0.1, 0.15) is 33.1 Å². The summed E-state index contributed by atoms with van der Waals surface area (Å²) in [5.74, 6) is 0.606. The summed E-state index contributed by atoms with van der Waals surface area (Å²) in [5.41, 5.74) is -0.808. The van der Waals surface area contributed by atoms with Crippen LogP contribution in [0.15, 0.2) is 0 Å². The Morgan fingerprint density at radius 3 is 2.41 bits per heavy atom. The first-order valence-corrected chi connectivity index (χ1v) is 7.07. The van der Waals surface area contributed by atoms with Crippen molar-refractivity contribution >= 4 is 11.8 Å². The third kappa shape index (κ3) is 10.9. The van der Waals surface area contributed by atoms with Gasteiger partial charge in [-0.25, -0.2) is 0 Å². The normalized spacial score (nSPS) is 17.8. The topological polar surface area (TPSA) is 32.3 Å². The lowest BCUT2D eigenvalue weighted by Gasteiger charge is -2.25. The van der Waals surface area contributed by atoms with Gasteiger partial charge in [0.15, 0.2) is 0 Å². The van der Waals surface area contributed by atoms with Crippen molar-refractivity contribution in [2.24, 2.45) is 0 Å². The fraction of sp³-hybridized carbons (Fsp3) is 1.00. The number of hydrogen-bond donors (Lipinski definition) is 2. The molecule has 0 bridgehead atoms. The molecule has 6 heteroatoms. The molecule has 0 fully saturated rings. The summed E-state index contributed by atoms with van der Waals surface area (Å²) in [6.45, 7) is 3.96. The van der Waals surface area contributed by atoms with Gasteiger partial charge in [0.2, 0.25) is 0 Å². The van der Waals surface area contributed by atoms with Crippen LogP contribution in [0.4, 0.5) is 13.2 Å². The number of rotatable bonds is 8. The fourth-order valence-corrected chi connectivity index (χ4v) is 2.19. The van der Waals surface area contributed by atoms with E-state index in [4.69, 9.17) is 0 Å². The standard InChI is InChI=1S/C11H22F3NOS/c1-9(5-4-6-11(12,13)14)15-7-10(2,16)8-17-3/h9,15-16H,4-8H2,1-3H3. The fourth-order valence-electron chi connectivity index (χ4n) is 1.47. The van der Waals surface area contributed by atoms with E-state index in [-0.39, 0.29) is 12.5 Å². The first-order valence-electron chi connectivity index (χ1n) is 5.68. The third-order valence-corrected chi connectivity index (χ3v) is 3.29. The Kier molecular flexibility index (Phi) is 7.51. The summed E-state index contributed by atoms with van der Waals surface area (Å²) in [6.07, 6.45) is -2.30. The van der Waals surface area contributed by atoms with E-state index in [1.54, 1.807) is 18.7 Å². The molecule has 0 amide bonds. The number of halogens is 3. The molecular formula is C11H22F3NOS. The van der Waals surface area contributed by atoms with Crippen LogP contribution in [-0.4, -0.2) is 41.5 Å². The first kappa shape index (κ1) is 17.1. The second-order valence-electron chi connectivity index (χ2n) is 4.72. The molecule has 0 aromatic heterocycles. The minimum Gasteiger partial charge on any atom is -0.388 e. The molecule has 0 radical (unpaired) electrons. The molecule has 0 aliphatic heterocycles. The van der Waals surface area contributed by atoms with E-state index < -0.39 is 18.2 Å². The summed E-state index contributed by atoms with van der Waals surface area (Å²) in [5, 5.41) is 12.9. The van der Waals surface area contributed by atoms with Gasteiger partial charge in [-0.15, -0.1) is 0 Å². The Balaban J connectivity index is 3.69. The van der Waals surface area contributed by atoms with Crippen LogP contribution in [0.5, 0.6) is 0 Å². The molecule has 0 spiro atoms. The van der Waals surface area contributed by atoms with E-state index in [2.05, 4.69) is 5.32 Å². The van der Waals surface area contributed by atoms with Gasteiger partial charge in [0.1, 0.15) is 0 Å². The Labute approximate surface area is 105 Å². The van der Waals surface area contributed by atoms with Crippen molar-refractivity contribution in [1.29, 1.82) is 0 Å². The number of thioether (sulfide) groups is 1. The third-order valence-electron chi connectivity index (χ3n) is 2.38. The average Bonchev–Trinajstić information content (AvgIpc) is 2.13. The van der Waals surface area contributed by atoms with E-state index in [0.29, 0.717) is 18.7 Å². The van der Waals surface area contributed by atoms with Gasteiger partial charge in [-0.05, 0) is 32.9 Å². The summed E-state index contributed by atoms with van der Waals surface area (Å²) >= 11 is 1.54. The maximum absolute atomic E-state index is 11.9. The maximum Gasteiger partial charge on any atom is 0.389 e. The smallest absolute Gasteiger partial charge is 0.388 e. The molecule has 0 aromatic rings. The monoisotopic (exact) mass is 273 g/mol. The molecule has 0 rings (SSSR count). The number of aliphatic hydroxyl groups is 1. The molecule has 0 aromatic carbocycles. The second-order valence-corrected chi connectivity index (χ2v) is 5.59. The Bertz CT molecular complexity index is 209. The molecule has 2 unspecified atom stereocenters. The van der Waals surface area contributed by atoms with Gasteiger partial charge in [-0.2, -0.15) is 24.9 Å². The average molecular weight is 273 g/mol. The predicted octanol–water partition coefficient (Wildman–Crippen LogP) is 2.81. The van der Waals surface area contributed by atoms with Gasteiger partial charge >= 0.3 is 6.18 Å². The van der Waals surface area contributed by atoms with Gasteiger partial charge in [0, 0.05) is 24.8 Å². The van der Waals surface area contributed by atoms with Crippen molar-refractivity contribution < 1.29 is 18.3 Å². The largest absolute Gasteiger partial charge is 0.389 e. The van der Waals surface area contributed by atoms with Crippen molar-refractivity contribution in [2.75, 3.05) is 18.6 Å². The van der Waals surface area contributed by atoms with E-state index in [1.807, 2.05) is 13.2 Å². The highest BCUT2D eigenvalue weighted by molar-refractivity contribution is 7.98. The molecule has 0 heterocycles. The second kappa shape index (κ2) is 7.48. The molecular weight excluding hydrogens is 251 g/mol. The Hall–Kier alpha value is 0.0600. The van der Waals surface area contributed by atoms with E-state index in [9.17, 15) is 18.3 Å². The van der Waals surface area contributed by atoms with Crippen LogP contribution in [0.25, 0.3) is 0 Å². The number of nitrogens with one attached hydrogen (secondary N) is 1. The highest BCUT2D eigenvalue weighted by Gasteiger charge is 2.26. The van der Waals surface area contributed by atoms with Crippen LogP contribution in [-0.2, 0) is 0 Å². The summed E-state index contributed by atoms with van der Waals surface area (Å²) < 4.78 is 35.8. The van der Waals surface area contributed by atoms with Crippen molar-refractivity contribution in [1.82, 2.24) is 5.32 Å². The zero-order chi connectivity index (χ0) is 13.5.